The minimum Gasteiger partial charge on any atom is -0.327 e. The molecule has 54 valence electrons. The van der Waals surface area contributed by atoms with E-state index >= 15 is 0 Å². The molecule has 1 rings (SSSR count). The van der Waals surface area contributed by atoms with Crippen LogP contribution in [0.25, 0.3) is 6.08 Å². The SMILES string of the molecule is CC(=Cc1cncs1)CN. The topological polar surface area (TPSA) is 38.9 Å². The van der Waals surface area contributed by atoms with Crippen LogP contribution in [-0.4, -0.2) is 11.5 Å². The Hall–Kier alpha value is -0.670. The lowest BCUT2D eigenvalue weighted by atomic mass is 10.3. The van der Waals surface area contributed by atoms with Gasteiger partial charge in [0.1, 0.15) is 0 Å². The Labute approximate surface area is 64.4 Å². The van der Waals surface area contributed by atoms with Crippen LogP contribution in [0.2, 0.25) is 0 Å². The van der Waals surface area contributed by atoms with E-state index < -0.39 is 0 Å². The van der Waals surface area contributed by atoms with Crippen LogP contribution < -0.4 is 5.73 Å². The van der Waals surface area contributed by atoms with E-state index in [-0.39, 0.29) is 0 Å². The summed E-state index contributed by atoms with van der Waals surface area (Å²) in [5, 5.41) is 0. The van der Waals surface area contributed by atoms with Gasteiger partial charge in [-0.05, 0) is 13.0 Å². The van der Waals surface area contributed by atoms with E-state index in [0.29, 0.717) is 6.54 Å². The summed E-state index contributed by atoms with van der Waals surface area (Å²) in [6.07, 6.45) is 3.89. The van der Waals surface area contributed by atoms with Gasteiger partial charge in [0.25, 0.3) is 0 Å². The predicted molar refractivity (Wildman–Crippen MR) is 44.8 cm³/mol. The standard InChI is InChI=1S/C7H10N2S/c1-6(3-8)2-7-4-9-5-10-7/h2,4-5H,3,8H2,1H3. The average molecular weight is 154 g/mol. The molecule has 10 heavy (non-hydrogen) atoms. The maximum atomic E-state index is 5.40. The van der Waals surface area contributed by atoms with Gasteiger partial charge in [-0.25, -0.2) is 0 Å². The zero-order valence-electron chi connectivity index (χ0n) is 5.87. The average Bonchev–Trinajstić information content (AvgIpc) is 2.40. The lowest BCUT2D eigenvalue weighted by Crippen LogP contribution is -1.98. The largest absolute Gasteiger partial charge is 0.327 e. The van der Waals surface area contributed by atoms with Gasteiger partial charge in [-0.1, -0.05) is 5.57 Å². The molecule has 0 amide bonds. The molecule has 0 spiro atoms. The summed E-state index contributed by atoms with van der Waals surface area (Å²) in [5.41, 5.74) is 8.40. The minimum atomic E-state index is 0.623. The van der Waals surface area contributed by atoms with Gasteiger partial charge in [0.05, 0.1) is 5.51 Å². The van der Waals surface area contributed by atoms with Gasteiger partial charge in [-0.3, -0.25) is 4.98 Å². The van der Waals surface area contributed by atoms with Crippen molar-refractivity contribution in [2.24, 2.45) is 5.73 Å². The van der Waals surface area contributed by atoms with Crippen molar-refractivity contribution in [3.8, 4) is 0 Å². The number of hydrogen-bond donors (Lipinski definition) is 1. The monoisotopic (exact) mass is 154 g/mol. The Bertz CT molecular complexity index is 214. The summed E-state index contributed by atoms with van der Waals surface area (Å²) >= 11 is 1.62. The number of nitrogens with zero attached hydrogens (tertiary/aromatic N) is 1. The lowest BCUT2D eigenvalue weighted by Gasteiger charge is -1.90. The second-order valence-corrected chi connectivity index (χ2v) is 3.02. The maximum absolute atomic E-state index is 5.40. The first-order valence-corrected chi connectivity index (χ1v) is 3.96. The number of rotatable bonds is 2. The highest BCUT2D eigenvalue weighted by Crippen LogP contribution is 2.09. The summed E-state index contributed by atoms with van der Waals surface area (Å²) in [5.74, 6) is 0. The molecule has 0 aromatic carbocycles. The van der Waals surface area contributed by atoms with E-state index in [1.807, 2.05) is 18.6 Å². The number of thiazole rings is 1. The first kappa shape index (κ1) is 7.44. The zero-order chi connectivity index (χ0) is 7.40. The fourth-order valence-corrected chi connectivity index (χ4v) is 1.23. The fraction of sp³-hybridized carbons (Fsp3) is 0.286. The summed E-state index contributed by atoms with van der Waals surface area (Å²) in [4.78, 5) is 5.11. The van der Waals surface area contributed by atoms with Crippen LogP contribution in [0.3, 0.4) is 0 Å². The van der Waals surface area contributed by atoms with Gasteiger partial charge in [-0.15, -0.1) is 11.3 Å². The first-order chi connectivity index (χ1) is 4.83. The number of aromatic nitrogens is 1. The van der Waals surface area contributed by atoms with E-state index in [1.54, 1.807) is 11.3 Å². The Balaban J connectivity index is 2.71. The van der Waals surface area contributed by atoms with Crippen molar-refractivity contribution < 1.29 is 0 Å². The van der Waals surface area contributed by atoms with Crippen molar-refractivity contribution in [2.45, 2.75) is 6.92 Å². The normalized spacial score (nSPS) is 12.0. The molecule has 0 saturated heterocycles. The molecule has 0 saturated carbocycles. The Morgan fingerprint density at radius 3 is 3.20 bits per heavy atom. The number of nitrogens with two attached hydrogens (primary N) is 1. The lowest BCUT2D eigenvalue weighted by molar-refractivity contribution is 1.15. The molecule has 2 nitrogen and oxygen atoms in total. The first-order valence-electron chi connectivity index (χ1n) is 3.08. The van der Waals surface area contributed by atoms with Gasteiger partial charge in [0.2, 0.25) is 0 Å². The third kappa shape index (κ3) is 1.93. The van der Waals surface area contributed by atoms with Crippen LogP contribution in [-0.2, 0) is 0 Å². The molecule has 3 heteroatoms. The van der Waals surface area contributed by atoms with Gasteiger partial charge >= 0.3 is 0 Å². The van der Waals surface area contributed by atoms with E-state index in [9.17, 15) is 0 Å². The molecule has 0 aliphatic rings. The molecule has 0 atom stereocenters. The van der Waals surface area contributed by atoms with E-state index in [4.69, 9.17) is 5.73 Å². The Kier molecular flexibility index (Phi) is 2.59. The van der Waals surface area contributed by atoms with Crippen LogP contribution in [0.15, 0.2) is 17.3 Å². The minimum absolute atomic E-state index is 0.623. The summed E-state index contributed by atoms with van der Waals surface area (Å²) in [6.45, 7) is 2.64. The van der Waals surface area contributed by atoms with E-state index in [1.165, 1.54) is 10.5 Å². The molecule has 0 radical (unpaired) electrons. The van der Waals surface area contributed by atoms with Crippen LogP contribution in [0.4, 0.5) is 0 Å². The third-order valence-electron chi connectivity index (χ3n) is 1.16. The maximum Gasteiger partial charge on any atom is 0.0797 e. The third-order valence-corrected chi connectivity index (χ3v) is 1.88. The van der Waals surface area contributed by atoms with Gasteiger partial charge in [0, 0.05) is 17.6 Å². The van der Waals surface area contributed by atoms with Crippen molar-refractivity contribution in [2.75, 3.05) is 6.54 Å². The van der Waals surface area contributed by atoms with Gasteiger partial charge in [0.15, 0.2) is 0 Å². The molecule has 0 fully saturated rings. The smallest absolute Gasteiger partial charge is 0.0797 e. The summed E-state index contributed by atoms with van der Waals surface area (Å²) < 4.78 is 0. The molecule has 0 unspecified atom stereocenters. The van der Waals surface area contributed by atoms with Crippen LogP contribution >= 0.6 is 11.3 Å². The second-order valence-electron chi connectivity index (χ2n) is 2.10. The van der Waals surface area contributed by atoms with Crippen molar-refractivity contribution >= 4 is 17.4 Å². The number of hydrogen-bond acceptors (Lipinski definition) is 3. The highest BCUT2D eigenvalue weighted by molar-refractivity contribution is 7.10. The van der Waals surface area contributed by atoms with Crippen LogP contribution in [0.1, 0.15) is 11.8 Å². The van der Waals surface area contributed by atoms with Crippen molar-refractivity contribution in [1.82, 2.24) is 4.98 Å². The molecular weight excluding hydrogens is 144 g/mol. The molecule has 1 aromatic rings. The Morgan fingerprint density at radius 1 is 1.90 bits per heavy atom. The molecule has 1 heterocycles. The van der Waals surface area contributed by atoms with E-state index in [0.717, 1.165) is 0 Å². The molecule has 0 aliphatic heterocycles. The zero-order valence-corrected chi connectivity index (χ0v) is 6.69. The van der Waals surface area contributed by atoms with Crippen molar-refractivity contribution in [1.29, 1.82) is 0 Å². The van der Waals surface area contributed by atoms with Gasteiger partial charge < -0.3 is 5.73 Å². The van der Waals surface area contributed by atoms with Crippen molar-refractivity contribution in [3.63, 3.8) is 0 Å². The van der Waals surface area contributed by atoms with E-state index in [2.05, 4.69) is 11.1 Å². The summed E-state index contributed by atoms with van der Waals surface area (Å²) in [6, 6.07) is 0. The highest BCUT2D eigenvalue weighted by Gasteiger charge is 1.88. The summed E-state index contributed by atoms with van der Waals surface area (Å²) in [7, 11) is 0. The molecule has 0 aliphatic carbocycles. The molecular formula is C7H10N2S. The molecule has 2 N–H and O–H groups in total. The molecule has 0 bridgehead atoms. The Morgan fingerprint density at radius 2 is 2.70 bits per heavy atom. The van der Waals surface area contributed by atoms with Crippen LogP contribution in [0, 0.1) is 0 Å². The van der Waals surface area contributed by atoms with Crippen LogP contribution in [0.5, 0.6) is 0 Å². The quantitative estimate of drug-likeness (QED) is 0.701. The second kappa shape index (κ2) is 3.49. The predicted octanol–water partition coefficient (Wildman–Crippen LogP) is 1.51. The molecule has 1 aromatic heterocycles. The van der Waals surface area contributed by atoms with Gasteiger partial charge in [-0.2, -0.15) is 0 Å². The fourth-order valence-electron chi connectivity index (χ4n) is 0.599. The highest BCUT2D eigenvalue weighted by atomic mass is 32.1. The van der Waals surface area contributed by atoms with Crippen molar-refractivity contribution in [3.05, 3.63) is 22.2 Å².